The number of hydrogen-bond acceptors (Lipinski definition) is 3. The van der Waals surface area contributed by atoms with E-state index in [0.29, 0.717) is 12.3 Å². The minimum Gasteiger partial charge on any atom is -0.395 e. The number of hydrogen-bond donors (Lipinski definition) is 2. The smallest absolute Gasteiger partial charge is 0.240 e. The zero-order valence-corrected chi connectivity index (χ0v) is 13.8. The predicted octanol–water partition coefficient (Wildman–Crippen LogP) is 2.44. The molecule has 0 heterocycles. The van der Waals surface area contributed by atoms with Crippen molar-refractivity contribution in [2.75, 3.05) is 6.61 Å². The van der Waals surface area contributed by atoms with Crippen LogP contribution in [0.25, 0.3) is 0 Å². The van der Waals surface area contributed by atoms with Gasteiger partial charge < -0.3 is 5.11 Å². The Balaban J connectivity index is 2.93. The molecule has 6 heteroatoms. The molecule has 0 aliphatic carbocycles. The molecule has 2 N–H and O–H groups in total. The molecule has 0 spiro atoms. The number of nitrogens with one attached hydrogen (secondary N) is 1. The first kappa shape index (κ1) is 16.6. The molecule has 0 aliphatic rings. The second-order valence-electron chi connectivity index (χ2n) is 5.04. The summed E-state index contributed by atoms with van der Waals surface area (Å²) in [5.41, 5.74) is 0.854. The van der Waals surface area contributed by atoms with Gasteiger partial charge in [0.15, 0.2) is 0 Å². The van der Waals surface area contributed by atoms with E-state index in [1.165, 1.54) is 0 Å². The van der Waals surface area contributed by atoms with Crippen molar-refractivity contribution >= 4 is 26.0 Å². The summed E-state index contributed by atoms with van der Waals surface area (Å²) in [4.78, 5) is 0.218. The van der Waals surface area contributed by atoms with Crippen molar-refractivity contribution in [2.24, 2.45) is 5.92 Å². The maximum atomic E-state index is 12.2. The summed E-state index contributed by atoms with van der Waals surface area (Å²) in [6.45, 7) is 5.61. The summed E-state index contributed by atoms with van der Waals surface area (Å²) < 4.78 is 27.8. The van der Waals surface area contributed by atoms with Crippen LogP contribution in [0.4, 0.5) is 0 Å². The van der Waals surface area contributed by atoms with Crippen molar-refractivity contribution in [3.8, 4) is 0 Å². The monoisotopic (exact) mass is 349 g/mol. The first-order valence-electron chi connectivity index (χ1n) is 6.15. The lowest BCUT2D eigenvalue weighted by Crippen LogP contribution is -2.38. The highest BCUT2D eigenvalue weighted by Crippen LogP contribution is 2.20. The van der Waals surface area contributed by atoms with E-state index in [9.17, 15) is 13.5 Å². The molecular weight excluding hydrogens is 330 g/mol. The molecule has 0 radical (unpaired) electrons. The minimum atomic E-state index is -3.59. The summed E-state index contributed by atoms with van der Waals surface area (Å²) in [5.74, 6) is 0.312. The van der Waals surface area contributed by atoms with Crippen molar-refractivity contribution in [3.63, 3.8) is 0 Å². The number of benzene rings is 1. The number of sulfonamides is 1. The van der Waals surface area contributed by atoms with E-state index in [0.717, 1.165) is 10.0 Å². The summed E-state index contributed by atoms with van der Waals surface area (Å²) in [5, 5.41) is 9.25. The van der Waals surface area contributed by atoms with Gasteiger partial charge in [0.05, 0.1) is 11.5 Å². The predicted molar refractivity (Wildman–Crippen MR) is 79.5 cm³/mol. The van der Waals surface area contributed by atoms with E-state index in [1.54, 1.807) is 18.2 Å². The third-order valence-corrected chi connectivity index (χ3v) is 5.15. The highest BCUT2D eigenvalue weighted by molar-refractivity contribution is 9.10. The Morgan fingerprint density at radius 3 is 2.47 bits per heavy atom. The number of aliphatic hydroxyl groups excluding tert-OH is 1. The zero-order valence-electron chi connectivity index (χ0n) is 11.4. The molecule has 19 heavy (non-hydrogen) atoms. The Labute approximate surface area is 123 Å². The van der Waals surface area contributed by atoms with Crippen LogP contribution in [0.1, 0.15) is 25.8 Å². The molecule has 0 saturated carbocycles. The van der Waals surface area contributed by atoms with Gasteiger partial charge in [-0.2, -0.15) is 0 Å². The summed E-state index contributed by atoms with van der Waals surface area (Å²) in [6.07, 6.45) is 0.602. The van der Waals surface area contributed by atoms with Crippen LogP contribution in [0.5, 0.6) is 0 Å². The average molecular weight is 350 g/mol. The van der Waals surface area contributed by atoms with Crippen LogP contribution in [0.15, 0.2) is 27.6 Å². The fraction of sp³-hybridized carbons (Fsp3) is 0.538. The van der Waals surface area contributed by atoms with E-state index < -0.39 is 16.1 Å². The van der Waals surface area contributed by atoms with Crippen LogP contribution in [0.3, 0.4) is 0 Å². The molecule has 0 fully saturated rings. The Morgan fingerprint density at radius 1 is 1.37 bits per heavy atom. The third kappa shape index (κ3) is 4.87. The Hall–Kier alpha value is -0.430. The second-order valence-corrected chi connectivity index (χ2v) is 7.61. The highest BCUT2D eigenvalue weighted by Gasteiger charge is 2.20. The van der Waals surface area contributed by atoms with Crippen LogP contribution in [-0.2, 0) is 10.0 Å². The first-order chi connectivity index (χ1) is 8.76. The Bertz CT molecular complexity index is 529. The fourth-order valence-corrected chi connectivity index (χ4v) is 3.37. The summed E-state index contributed by atoms with van der Waals surface area (Å²) in [6, 6.07) is 4.41. The van der Waals surface area contributed by atoms with E-state index >= 15 is 0 Å². The zero-order chi connectivity index (χ0) is 14.6. The average Bonchev–Trinajstić information content (AvgIpc) is 2.30. The number of rotatable bonds is 6. The van der Waals surface area contributed by atoms with E-state index in [4.69, 9.17) is 0 Å². The topological polar surface area (TPSA) is 66.4 Å². The van der Waals surface area contributed by atoms with Gasteiger partial charge in [0.2, 0.25) is 10.0 Å². The van der Waals surface area contributed by atoms with Crippen molar-refractivity contribution < 1.29 is 13.5 Å². The summed E-state index contributed by atoms with van der Waals surface area (Å²) in [7, 11) is -3.59. The van der Waals surface area contributed by atoms with Crippen molar-refractivity contribution in [3.05, 3.63) is 28.2 Å². The molecule has 108 valence electrons. The normalized spacial score (nSPS) is 13.8. The molecule has 1 aromatic rings. The van der Waals surface area contributed by atoms with Crippen LogP contribution in [0.2, 0.25) is 0 Å². The lowest BCUT2D eigenvalue weighted by Gasteiger charge is -2.18. The fourth-order valence-electron chi connectivity index (χ4n) is 1.80. The standard InChI is InChI=1S/C13H20BrNO3S/c1-9(2)6-11(8-16)15-19(17,18)12-4-5-13(14)10(3)7-12/h4-5,7,9,11,15-16H,6,8H2,1-3H3. The lowest BCUT2D eigenvalue weighted by molar-refractivity contribution is 0.240. The van der Waals surface area contributed by atoms with E-state index in [1.807, 2.05) is 20.8 Å². The van der Waals surface area contributed by atoms with Gasteiger partial charge in [0, 0.05) is 10.5 Å². The van der Waals surface area contributed by atoms with Crippen molar-refractivity contribution in [1.82, 2.24) is 4.72 Å². The Kier molecular flexibility index (Phi) is 5.98. The van der Waals surface area contributed by atoms with Gasteiger partial charge in [-0.25, -0.2) is 13.1 Å². The molecule has 1 aromatic carbocycles. The minimum absolute atomic E-state index is 0.201. The quantitative estimate of drug-likeness (QED) is 0.828. The maximum absolute atomic E-state index is 12.2. The van der Waals surface area contributed by atoms with Gasteiger partial charge in [0.25, 0.3) is 0 Å². The first-order valence-corrected chi connectivity index (χ1v) is 8.43. The third-order valence-electron chi connectivity index (χ3n) is 2.74. The second kappa shape index (κ2) is 6.83. The van der Waals surface area contributed by atoms with Gasteiger partial charge in [-0.1, -0.05) is 29.8 Å². The molecule has 1 rings (SSSR count). The summed E-state index contributed by atoms with van der Waals surface area (Å²) >= 11 is 3.34. The van der Waals surface area contributed by atoms with Gasteiger partial charge in [-0.15, -0.1) is 0 Å². The molecule has 1 unspecified atom stereocenters. The van der Waals surface area contributed by atoms with Crippen LogP contribution < -0.4 is 4.72 Å². The van der Waals surface area contributed by atoms with Crippen molar-refractivity contribution in [1.29, 1.82) is 0 Å². The molecule has 1 atom stereocenters. The lowest BCUT2D eigenvalue weighted by atomic mass is 10.1. The van der Waals surface area contributed by atoms with E-state index in [2.05, 4.69) is 20.7 Å². The number of halogens is 1. The van der Waals surface area contributed by atoms with Crippen LogP contribution in [0, 0.1) is 12.8 Å². The number of aliphatic hydroxyl groups is 1. The largest absolute Gasteiger partial charge is 0.395 e. The molecule has 0 aromatic heterocycles. The molecular formula is C13H20BrNO3S. The maximum Gasteiger partial charge on any atom is 0.240 e. The van der Waals surface area contributed by atoms with Crippen LogP contribution in [-0.4, -0.2) is 26.2 Å². The van der Waals surface area contributed by atoms with Gasteiger partial charge in [0.1, 0.15) is 0 Å². The molecule has 0 bridgehead atoms. The van der Waals surface area contributed by atoms with Crippen LogP contribution >= 0.6 is 15.9 Å². The Morgan fingerprint density at radius 2 is 2.00 bits per heavy atom. The van der Waals surface area contributed by atoms with Gasteiger partial charge >= 0.3 is 0 Å². The molecule has 0 aliphatic heterocycles. The molecule has 0 saturated heterocycles. The van der Waals surface area contributed by atoms with E-state index in [-0.39, 0.29) is 11.5 Å². The molecule has 0 amide bonds. The van der Waals surface area contributed by atoms with Gasteiger partial charge in [-0.05, 0) is 43.0 Å². The van der Waals surface area contributed by atoms with Gasteiger partial charge in [-0.3, -0.25) is 0 Å². The SMILES string of the molecule is Cc1cc(S(=O)(=O)NC(CO)CC(C)C)ccc1Br. The highest BCUT2D eigenvalue weighted by atomic mass is 79.9. The molecule has 4 nitrogen and oxygen atoms in total. The number of aryl methyl sites for hydroxylation is 1. The van der Waals surface area contributed by atoms with Crippen molar-refractivity contribution in [2.45, 2.75) is 38.1 Å².